The Bertz CT molecular complexity index is 621. The summed E-state index contributed by atoms with van der Waals surface area (Å²) in [5, 5.41) is 3.24. The van der Waals surface area contributed by atoms with Crippen LogP contribution >= 0.6 is 11.8 Å². The predicted octanol–water partition coefficient (Wildman–Crippen LogP) is 2.81. The minimum atomic E-state index is -0.391. The maximum absolute atomic E-state index is 12.1. The fourth-order valence-electron chi connectivity index (χ4n) is 2.75. The molecule has 2 heterocycles. The number of amidine groups is 1. The number of likely N-dealkylation sites (tertiary alicyclic amines) is 1. The van der Waals surface area contributed by atoms with Gasteiger partial charge in [-0.25, -0.2) is 0 Å². The van der Waals surface area contributed by atoms with E-state index < -0.39 is 5.25 Å². The number of carbonyl (C=O) groups is 2. The van der Waals surface area contributed by atoms with Crippen LogP contribution in [0.25, 0.3) is 0 Å². The lowest BCUT2D eigenvalue weighted by Gasteiger charge is -2.27. The van der Waals surface area contributed by atoms with Gasteiger partial charge in [-0.2, -0.15) is 4.99 Å². The number of hydrogen-bond donors (Lipinski definition) is 1. The highest BCUT2D eigenvalue weighted by molar-refractivity contribution is 8.15. The van der Waals surface area contributed by atoms with Crippen LogP contribution in [0.2, 0.25) is 0 Å². The Hall–Kier alpha value is -1.82. The molecule has 23 heavy (non-hydrogen) atoms. The second-order valence-corrected chi connectivity index (χ2v) is 7.18. The first-order chi connectivity index (χ1) is 11.1. The Morgan fingerprint density at radius 1 is 1.26 bits per heavy atom. The van der Waals surface area contributed by atoms with Crippen molar-refractivity contribution in [1.82, 2.24) is 4.90 Å². The van der Waals surface area contributed by atoms with Crippen molar-refractivity contribution in [3.8, 4) is 0 Å². The van der Waals surface area contributed by atoms with E-state index in [4.69, 9.17) is 0 Å². The van der Waals surface area contributed by atoms with Gasteiger partial charge in [0.1, 0.15) is 5.25 Å². The zero-order chi connectivity index (χ0) is 16.2. The van der Waals surface area contributed by atoms with Gasteiger partial charge in [0.05, 0.1) is 0 Å². The fourth-order valence-corrected chi connectivity index (χ4v) is 3.86. The van der Waals surface area contributed by atoms with Gasteiger partial charge in [-0.3, -0.25) is 9.59 Å². The summed E-state index contributed by atoms with van der Waals surface area (Å²) in [7, 11) is 0. The molecule has 1 fully saturated rings. The highest BCUT2D eigenvalue weighted by Gasteiger charge is 2.33. The van der Waals surface area contributed by atoms with Crippen LogP contribution in [0.5, 0.6) is 0 Å². The third kappa shape index (κ3) is 4.13. The Kier molecular flexibility index (Phi) is 5.00. The number of aliphatic imine (C=N–C) groups is 1. The molecule has 6 heteroatoms. The number of aryl methyl sites for hydroxylation is 1. The van der Waals surface area contributed by atoms with Crippen molar-refractivity contribution in [3.63, 3.8) is 0 Å². The van der Waals surface area contributed by atoms with Crippen molar-refractivity contribution in [2.75, 3.05) is 18.4 Å². The first kappa shape index (κ1) is 16.1. The van der Waals surface area contributed by atoms with Crippen LogP contribution in [-0.4, -0.2) is 40.2 Å². The largest absolute Gasteiger partial charge is 0.351 e. The molecule has 2 aliphatic rings. The smallest absolute Gasteiger partial charge is 0.262 e. The Morgan fingerprint density at radius 3 is 2.65 bits per heavy atom. The van der Waals surface area contributed by atoms with Crippen LogP contribution in [0.4, 0.5) is 5.69 Å². The van der Waals surface area contributed by atoms with Gasteiger partial charge in [-0.15, -0.1) is 0 Å². The topological polar surface area (TPSA) is 61.8 Å². The molecule has 5 nitrogen and oxygen atoms in total. The first-order valence-electron chi connectivity index (χ1n) is 8.02. The molecule has 1 atom stereocenters. The highest BCUT2D eigenvalue weighted by atomic mass is 32.2. The lowest BCUT2D eigenvalue weighted by Crippen LogP contribution is -2.33. The summed E-state index contributed by atoms with van der Waals surface area (Å²) in [4.78, 5) is 30.5. The summed E-state index contributed by atoms with van der Waals surface area (Å²) < 4.78 is 0. The molecule has 1 aromatic rings. The molecule has 1 N–H and O–H groups in total. The van der Waals surface area contributed by atoms with Crippen LogP contribution in [0.1, 0.15) is 31.2 Å². The molecule has 0 unspecified atom stereocenters. The first-order valence-corrected chi connectivity index (χ1v) is 8.90. The Balaban J connectivity index is 1.53. The Labute approximate surface area is 140 Å². The molecule has 0 radical (unpaired) electrons. The zero-order valence-electron chi connectivity index (χ0n) is 13.2. The number of thioether (sulfide) groups is 1. The molecule has 0 bridgehead atoms. The van der Waals surface area contributed by atoms with E-state index in [1.165, 1.54) is 18.2 Å². The molecule has 2 aliphatic heterocycles. The Morgan fingerprint density at radius 2 is 1.96 bits per heavy atom. The molecule has 0 aliphatic carbocycles. The molecular formula is C17H21N3O2S. The molecule has 1 saturated heterocycles. The lowest BCUT2D eigenvalue weighted by molar-refractivity contribution is -0.121. The van der Waals surface area contributed by atoms with Crippen LogP contribution in [-0.2, 0) is 9.59 Å². The number of anilines is 1. The van der Waals surface area contributed by atoms with Crippen LogP contribution in [0.3, 0.4) is 0 Å². The lowest BCUT2D eigenvalue weighted by atomic mass is 10.1. The summed E-state index contributed by atoms with van der Waals surface area (Å²) in [6, 6.07) is 7.63. The molecule has 122 valence electrons. The third-order valence-corrected chi connectivity index (χ3v) is 5.27. The number of nitrogens with zero attached hydrogens (tertiary/aromatic N) is 2. The van der Waals surface area contributed by atoms with Gasteiger partial charge in [0, 0.05) is 25.2 Å². The maximum atomic E-state index is 12.1. The predicted molar refractivity (Wildman–Crippen MR) is 93.7 cm³/mol. The SMILES string of the molecule is Cc1ccc(NC(=O)C[C@H]2SC(N3CCCCC3)=NC2=O)cc1. The van der Waals surface area contributed by atoms with Crippen LogP contribution in [0.15, 0.2) is 29.3 Å². The van der Waals surface area contributed by atoms with E-state index in [9.17, 15) is 9.59 Å². The number of hydrogen-bond acceptors (Lipinski definition) is 4. The molecular weight excluding hydrogens is 310 g/mol. The third-order valence-electron chi connectivity index (χ3n) is 4.06. The average molecular weight is 331 g/mol. The van der Waals surface area contributed by atoms with Gasteiger partial charge < -0.3 is 10.2 Å². The van der Waals surface area contributed by atoms with Gasteiger partial charge in [-0.05, 0) is 38.3 Å². The summed E-state index contributed by atoms with van der Waals surface area (Å²) in [5.41, 5.74) is 1.90. The van der Waals surface area contributed by atoms with E-state index in [0.29, 0.717) is 0 Å². The number of benzene rings is 1. The van der Waals surface area contributed by atoms with Gasteiger partial charge in [-0.1, -0.05) is 29.5 Å². The maximum Gasteiger partial charge on any atom is 0.262 e. The van der Waals surface area contributed by atoms with E-state index in [2.05, 4.69) is 15.2 Å². The zero-order valence-corrected chi connectivity index (χ0v) is 14.1. The average Bonchev–Trinajstić information content (AvgIpc) is 2.91. The molecule has 0 spiro atoms. The standard InChI is InChI=1S/C17H21N3O2S/c1-12-5-7-13(8-6-12)18-15(21)11-14-16(22)19-17(23-14)20-9-3-2-4-10-20/h5-8,14H,2-4,9-11H2,1H3,(H,18,21)/t14-/m1/s1. The molecule has 3 rings (SSSR count). The van der Waals surface area contributed by atoms with Crippen molar-refractivity contribution in [2.45, 2.75) is 37.9 Å². The monoisotopic (exact) mass is 331 g/mol. The normalized spacial score (nSPS) is 21.3. The fraction of sp³-hybridized carbons (Fsp3) is 0.471. The van der Waals surface area contributed by atoms with Crippen LogP contribution in [0, 0.1) is 6.92 Å². The highest BCUT2D eigenvalue weighted by Crippen LogP contribution is 2.29. The van der Waals surface area contributed by atoms with E-state index in [0.717, 1.165) is 42.3 Å². The van der Waals surface area contributed by atoms with E-state index >= 15 is 0 Å². The second-order valence-electron chi connectivity index (χ2n) is 6.01. The van der Waals surface area contributed by atoms with Crippen molar-refractivity contribution in [2.24, 2.45) is 4.99 Å². The number of piperidine rings is 1. The van der Waals surface area contributed by atoms with Crippen LogP contribution < -0.4 is 5.32 Å². The van der Waals surface area contributed by atoms with Crippen molar-refractivity contribution in [3.05, 3.63) is 29.8 Å². The molecule has 1 aromatic carbocycles. The van der Waals surface area contributed by atoms with Gasteiger partial charge in [0.25, 0.3) is 5.91 Å². The van der Waals surface area contributed by atoms with Gasteiger partial charge >= 0.3 is 0 Å². The number of rotatable bonds is 3. The van der Waals surface area contributed by atoms with E-state index in [1.54, 1.807) is 0 Å². The minimum Gasteiger partial charge on any atom is -0.351 e. The number of carbonyl (C=O) groups excluding carboxylic acids is 2. The molecule has 2 amide bonds. The number of nitrogens with one attached hydrogen (secondary N) is 1. The minimum absolute atomic E-state index is 0.144. The summed E-state index contributed by atoms with van der Waals surface area (Å²) in [6.07, 6.45) is 3.70. The van der Waals surface area contributed by atoms with Crippen molar-refractivity contribution >= 4 is 34.4 Å². The van der Waals surface area contributed by atoms with Gasteiger partial charge in [0.2, 0.25) is 5.91 Å². The van der Waals surface area contributed by atoms with Gasteiger partial charge in [0.15, 0.2) is 5.17 Å². The van der Waals surface area contributed by atoms with E-state index in [1.807, 2.05) is 31.2 Å². The summed E-state index contributed by atoms with van der Waals surface area (Å²) in [6.45, 7) is 3.92. The van der Waals surface area contributed by atoms with Crippen molar-refractivity contribution in [1.29, 1.82) is 0 Å². The van der Waals surface area contributed by atoms with E-state index in [-0.39, 0.29) is 18.2 Å². The number of amides is 2. The molecule has 0 aromatic heterocycles. The second kappa shape index (κ2) is 7.17. The van der Waals surface area contributed by atoms with Crippen molar-refractivity contribution < 1.29 is 9.59 Å². The summed E-state index contributed by atoms with van der Waals surface area (Å²) >= 11 is 1.43. The summed E-state index contributed by atoms with van der Waals surface area (Å²) in [5.74, 6) is -0.329. The molecule has 0 saturated carbocycles. The quantitative estimate of drug-likeness (QED) is 0.925.